The third kappa shape index (κ3) is 2.90. The lowest BCUT2D eigenvalue weighted by atomic mass is 10.1. The van der Waals surface area contributed by atoms with Gasteiger partial charge in [0, 0.05) is 23.6 Å². The van der Waals surface area contributed by atoms with Crippen LogP contribution >= 0.6 is 0 Å². The maximum absolute atomic E-state index is 12.2. The highest BCUT2D eigenvalue weighted by Crippen LogP contribution is 2.51. The normalized spacial score (nSPS) is 19.5. The molecule has 1 fully saturated rings. The Morgan fingerprint density at radius 2 is 2.23 bits per heavy atom. The van der Waals surface area contributed by atoms with Crippen LogP contribution in [0.3, 0.4) is 0 Å². The molecule has 1 aromatic carbocycles. The van der Waals surface area contributed by atoms with E-state index in [2.05, 4.69) is 15.5 Å². The molecule has 3 rings (SSSR count). The minimum Gasteiger partial charge on any atom is -0.497 e. The van der Waals surface area contributed by atoms with E-state index in [0.29, 0.717) is 6.54 Å². The van der Waals surface area contributed by atoms with Gasteiger partial charge in [0.2, 0.25) is 5.91 Å². The molecule has 1 heterocycles. The summed E-state index contributed by atoms with van der Waals surface area (Å²) in [5.41, 5.74) is 1.92. The second-order valence-electron chi connectivity index (χ2n) is 5.36. The second kappa shape index (κ2) is 6.09. The summed E-state index contributed by atoms with van der Waals surface area (Å²) in [6.45, 7) is 0.470. The molecule has 0 radical (unpaired) electrons. The number of rotatable bonds is 6. The van der Waals surface area contributed by atoms with Crippen molar-refractivity contribution < 1.29 is 14.3 Å². The number of hydrogen-bond donors (Lipinski definition) is 2. The van der Waals surface area contributed by atoms with E-state index in [0.717, 1.165) is 29.2 Å². The molecular weight excluding hydrogens is 282 g/mol. The van der Waals surface area contributed by atoms with E-state index in [9.17, 15) is 4.79 Å². The number of amides is 1. The summed E-state index contributed by atoms with van der Waals surface area (Å²) in [6, 6.07) is 7.53. The molecule has 1 aliphatic rings. The van der Waals surface area contributed by atoms with Crippen molar-refractivity contribution >= 4 is 5.91 Å². The minimum absolute atomic E-state index is 0.0103. The highest BCUT2D eigenvalue weighted by Gasteiger charge is 2.45. The van der Waals surface area contributed by atoms with E-state index in [-0.39, 0.29) is 17.7 Å². The second-order valence-corrected chi connectivity index (χ2v) is 5.36. The number of nitrogens with zero attached hydrogens (tertiary/aromatic N) is 1. The molecule has 0 aliphatic heterocycles. The first-order chi connectivity index (χ1) is 10.7. The van der Waals surface area contributed by atoms with Crippen molar-refractivity contribution in [3.63, 3.8) is 0 Å². The molecule has 2 N–H and O–H groups in total. The third-order valence-electron chi connectivity index (χ3n) is 3.98. The van der Waals surface area contributed by atoms with Crippen LogP contribution in [0.15, 0.2) is 30.5 Å². The first-order valence-corrected chi connectivity index (χ1v) is 7.21. The Morgan fingerprint density at radius 1 is 1.36 bits per heavy atom. The molecular formula is C16H19N3O3. The van der Waals surface area contributed by atoms with Gasteiger partial charge < -0.3 is 14.8 Å². The van der Waals surface area contributed by atoms with Crippen LogP contribution in [-0.4, -0.2) is 30.3 Å². The van der Waals surface area contributed by atoms with Gasteiger partial charge in [-0.25, -0.2) is 0 Å². The number of hydrogen-bond acceptors (Lipinski definition) is 4. The Hall–Kier alpha value is -2.50. The predicted molar refractivity (Wildman–Crippen MR) is 80.8 cm³/mol. The minimum atomic E-state index is -0.0103. The summed E-state index contributed by atoms with van der Waals surface area (Å²) in [5, 5.41) is 9.62. The fourth-order valence-corrected chi connectivity index (χ4v) is 2.65. The summed E-state index contributed by atoms with van der Waals surface area (Å²) in [5.74, 6) is 1.81. The van der Waals surface area contributed by atoms with E-state index in [1.165, 1.54) is 0 Å². The van der Waals surface area contributed by atoms with Gasteiger partial charge in [0.25, 0.3) is 0 Å². The van der Waals surface area contributed by atoms with Gasteiger partial charge in [-0.05, 0) is 30.7 Å². The number of methoxy groups -OCH3 is 2. The average molecular weight is 301 g/mol. The zero-order valence-electron chi connectivity index (χ0n) is 12.6. The van der Waals surface area contributed by atoms with E-state index in [4.69, 9.17) is 9.47 Å². The molecule has 2 aromatic rings. The van der Waals surface area contributed by atoms with Crippen LogP contribution in [0.5, 0.6) is 11.5 Å². The van der Waals surface area contributed by atoms with Crippen LogP contribution in [0.2, 0.25) is 0 Å². The Morgan fingerprint density at radius 3 is 2.91 bits per heavy atom. The van der Waals surface area contributed by atoms with Crippen molar-refractivity contribution in [2.45, 2.75) is 18.9 Å². The molecule has 0 bridgehead atoms. The SMILES string of the molecule is COc1ccc(OC)c([C@H]2C[C@H]2C(=O)NCc2ccn[nH]2)c1. The van der Waals surface area contributed by atoms with E-state index in [1.807, 2.05) is 24.3 Å². The predicted octanol–water partition coefficient (Wildman–Crippen LogP) is 1.85. The number of aromatic nitrogens is 2. The molecule has 0 spiro atoms. The first kappa shape index (κ1) is 14.4. The lowest BCUT2D eigenvalue weighted by Crippen LogP contribution is -2.25. The summed E-state index contributed by atoms with van der Waals surface area (Å²) in [6.07, 6.45) is 2.50. The Bertz CT molecular complexity index is 655. The summed E-state index contributed by atoms with van der Waals surface area (Å²) in [4.78, 5) is 12.2. The van der Waals surface area contributed by atoms with Gasteiger partial charge in [0.05, 0.1) is 26.5 Å². The molecule has 0 unspecified atom stereocenters. The van der Waals surface area contributed by atoms with Crippen molar-refractivity contribution in [3.8, 4) is 11.5 Å². The molecule has 6 nitrogen and oxygen atoms in total. The van der Waals surface area contributed by atoms with Gasteiger partial charge in [0.15, 0.2) is 0 Å². The van der Waals surface area contributed by atoms with Crippen molar-refractivity contribution in [1.82, 2.24) is 15.5 Å². The van der Waals surface area contributed by atoms with Crippen molar-refractivity contribution in [2.75, 3.05) is 14.2 Å². The van der Waals surface area contributed by atoms with Crippen LogP contribution in [0.1, 0.15) is 23.6 Å². The Kier molecular flexibility index (Phi) is 4.00. The fourth-order valence-electron chi connectivity index (χ4n) is 2.65. The van der Waals surface area contributed by atoms with Crippen LogP contribution in [0.25, 0.3) is 0 Å². The van der Waals surface area contributed by atoms with Crippen LogP contribution < -0.4 is 14.8 Å². The quantitative estimate of drug-likeness (QED) is 0.853. The van der Waals surface area contributed by atoms with Gasteiger partial charge in [-0.15, -0.1) is 0 Å². The van der Waals surface area contributed by atoms with E-state index >= 15 is 0 Å². The maximum atomic E-state index is 12.2. The molecule has 1 amide bonds. The first-order valence-electron chi connectivity index (χ1n) is 7.21. The summed E-state index contributed by atoms with van der Waals surface area (Å²) < 4.78 is 10.6. The zero-order valence-corrected chi connectivity index (χ0v) is 12.6. The number of ether oxygens (including phenoxy) is 2. The molecule has 22 heavy (non-hydrogen) atoms. The lowest BCUT2D eigenvalue weighted by molar-refractivity contribution is -0.122. The zero-order chi connectivity index (χ0) is 15.5. The number of aromatic amines is 1. The van der Waals surface area contributed by atoms with Gasteiger partial charge in [0.1, 0.15) is 11.5 Å². The Labute approximate surface area is 128 Å². The molecule has 116 valence electrons. The van der Waals surface area contributed by atoms with E-state index < -0.39 is 0 Å². The molecule has 0 saturated heterocycles. The van der Waals surface area contributed by atoms with Crippen LogP contribution in [0, 0.1) is 5.92 Å². The lowest BCUT2D eigenvalue weighted by Gasteiger charge is -2.10. The summed E-state index contributed by atoms with van der Waals surface area (Å²) >= 11 is 0. The largest absolute Gasteiger partial charge is 0.497 e. The maximum Gasteiger partial charge on any atom is 0.224 e. The molecule has 2 atom stereocenters. The highest BCUT2D eigenvalue weighted by molar-refractivity contribution is 5.83. The number of H-pyrrole nitrogens is 1. The third-order valence-corrected chi connectivity index (χ3v) is 3.98. The fraction of sp³-hybridized carbons (Fsp3) is 0.375. The highest BCUT2D eigenvalue weighted by atomic mass is 16.5. The standard InChI is InChI=1S/C16H19N3O3/c1-21-11-3-4-15(22-2)13(7-11)12-8-14(12)16(20)17-9-10-5-6-18-19-10/h3-7,12,14H,8-9H2,1-2H3,(H,17,20)(H,18,19)/t12-,14-/m1/s1. The molecule has 1 saturated carbocycles. The number of benzene rings is 1. The summed E-state index contributed by atoms with van der Waals surface area (Å²) in [7, 11) is 3.27. The van der Waals surface area contributed by atoms with Crippen molar-refractivity contribution in [2.24, 2.45) is 5.92 Å². The Balaban J connectivity index is 1.64. The average Bonchev–Trinajstić information content (AvgIpc) is 3.18. The smallest absolute Gasteiger partial charge is 0.224 e. The number of nitrogens with one attached hydrogen (secondary N) is 2. The number of carbonyl (C=O) groups excluding carboxylic acids is 1. The van der Waals surface area contributed by atoms with Gasteiger partial charge in [-0.2, -0.15) is 5.10 Å². The van der Waals surface area contributed by atoms with E-state index in [1.54, 1.807) is 20.4 Å². The van der Waals surface area contributed by atoms with Crippen molar-refractivity contribution in [1.29, 1.82) is 0 Å². The van der Waals surface area contributed by atoms with Crippen molar-refractivity contribution in [3.05, 3.63) is 41.7 Å². The topological polar surface area (TPSA) is 76.2 Å². The van der Waals surface area contributed by atoms with Crippen LogP contribution in [-0.2, 0) is 11.3 Å². The van der Waals surface area contributed by atoms with Gasteiger partial charge in [-0.1, -0.05) is 0 Å². The van der Waals surface area contributed by atoms with Gasteiger partial charge in [-0.3, -0.25) is 9.89 Å². The molecule has 1 aromatic heterocycles. The monoisotopic (exact) mass is 301 g/mol. The molecule has 6 heteroatoms. The number of carbonyl (C=O) groups is 1. The molecule has 1 aliphatic carbocycles. The van der Waals surface area contributed by atoms with Gasteiger partial charge >= 0.3 is 0 Å². The van der Waals surface area contributed by atoms with Crippen LogP contribution in [0.4, 0.5) is 0 Å².